The molecule has 7 heteroatoms. The van der Waals surface area contributed by atoms with Crippen molar-refractivity contribution in [3.63, 3.8) is 0 Å². The fourth-order valence-electron chi connectivity index (χ4n) is 4.03. The van der Waals surface area contributed by atoms with Gasteiger partial charge in [0.25, 0.3) is 0 Å². The number of methoxy groups -OCH3 is 3. The number of fused-ring (bicyclic) bond motifs is 1. The van der Waals surface area contributed by atoms with Gasteiger partial charge in [0, 0.05) is 6.04 Å². The van der Waals surface area contributed by atoms with Gasteiger partial charge in [-0.2, -0.15) is 0 Å². The van der Waals surface area contributed by atoms with Crippen LogP contribution in [0, 0.1) is 0 Å². The smallest absolute Gasteiger partial charge is 0.231 e. The second-order valence-corrected chi connectivity index (χ2v) is 8.07. The van der Waals surface area contributed by atoms with Crippen LogP contribution in [0.1, 0.15) is 16.7 Å². The molecule has 1 atom stereocenters. The van der Waals surface area contributed by atoms with Crippen molar-refractivity contribution >= 4 is 5.91 Å². The number of hydrogen-bond donors (Lipinski definition) is 1. The Kier molecular flexibility index (Phi) is 7.42. The van der Waals surface area contributed by atoms with Gasteiger partial charge < -0.3 is 29.0 Å². The Labute approximate surface area is 199 Å². The SMILES string of the molecule is COc1ccc(C[C@@H](Cc2ccc3c(c2)OCO3)NC(=O)Cc2ccc(OC)c(OC)c2)cc1. The Bertz CT molecular complexity index is 1130. The fourth-order valence-corrected chi connectivity index (χ4v) is 4.03. The van der Waals surface area contributed by atoms with Gasteiger partial charge in [-0.1, -0.05) is 24.3 Å². The second-order valence-electron chi connectivity index (χ2n) is 8.07. The lowest BCUT2D eigenvalue weighted by atomic mass is 9.98. The van der Waals surface area contributed by atoms with Gasteiger partial charge in [0.1, 0.15) is 5.75 Å². The van der Waals surface area contributed by atoms with E-state index < -0.39 is 0 Å². The van der Waals surface area contributed by atoms with Crippen LogP contribution >= 0.6 is 0 Å². The fraction of sp³-hybridized carbons (Fsp3) is 0.296. The van der Waals surface area contributed by atoms with E-state index in [4.69, 9.17) is 23.7 Å². The molecule has 34 heavy (non-hydrogen) atoms. The van der Waals surface area contributed by atoms with E-state index >= 15 is 0 Å². The molecule has 1 aliphatic rings. The average molecular weight is 464 g/mol. The normalized spacial score (nSPS) is 12.7. The minimum atomic E-state index is -0.110. The summed E-state index contributed by atoms with van der Waals surface area (Å²) in [6.45, 7) is 0.232. The van der Waals surface area contributed by atoms with Crippen LogP contribution in [0.2, 0.25) is 0 Å². The van der Waals surface area contributed by atoms with Crippen molar-refractivity contribution < 1.29 is 28.5 Å². The molecular weight excluding hydrogens is 434 g/mol. The molecule has 178 valence electrons. The summed E-state index contributed by atoms with van der Waals surface area (Å²) in [4.78, 5) is 13.0. The highest BCUT2D eigenvalue weighted by molar-refractivity contribution is 5.79. The van der Waals surface area contributed by atoms with Gasteiger partial charge in [-0.3, -0.25) is 4.79 Å². The number of hydrogen-bond acceptors (Lipinski definition) is 6. The molecule has 0 spiro atoms. The summed E-state index contributed by atoms with van der Waals surface area (Å²) >= 11 is 0. The Morgan fingerprint density at radius 1 is 0.794 bits per heavy atom. The molecule has 3 aromatic carbocycles. The Hall–Kier alpha value is -3.87. The summed E-state index contributed by atoms with van der Waals surface area (Å²) in [6.07, 6.45) is 1.57. The van der Waals surface area contributed by atoms with Gasteiger partial charge in [0.15, 0.2) is 23.0 Å². The molecule has 1 aliphatic heterocycles. The lowest BCUT2D eigenvalue weighted by molar-refractivity contribution is -0.121. The predicted octanol–water partition coefficient (Wildman–Crippen LogP) is 3.95. The van der Waals surface area contributed by atoms with Gasteiger partial charge in [0.2, 0.25) is 12.7 Å². The first-order valence-corrected chi connectivity index (χ1v) is 11.1. The van der Waals surface area contributed by atoms with Crippen LogP contribution in [0.4, 0.5) is 0 Å². The minimum Gasteiger partial charge on any atom is -0.497 e. The van der Waals surface area contributed by atoms with Crippen LogP contribution in [0.5, 0.6) is 28.7 Å². The molecule has 0 fully saturated rings. The summed E-state index contributed by atoms with van der Waals surface area (Å²) in [5.41, 5.74) is 3.02. The number of ether oxygens (including phenoxy) is 5. The maximum atomic E-state index is 13.0. The second kappa shape index (κ2) is 10.8. The molecule has 0 bridgehead atoms. The van der Waals surface area contributed by atoms with Gasteiger partial charge >= 0.3 is 0 Å². The minimum absolute atomic E-state index is 0.0634. The van der Waals surface area contributed by atoms with E-state index in [0.717, 1.165) is 33.9 Å². The van der Waals surface area contributed by atoms with Crippen LogP contribution in [0.25, 0.3) is 0 Å². The van der Waals surface area contributed by atoms with Crippen LogP contribution < -0.4 is 29.0 Å². The van der Waals surface area contributed by atoms with Gasteiger partial charge in [-0.05, 0) is 65.9 Å². The lowest BCUT2D eigenvalue weighted by Gasteiger charge is -2.20. The third kappa shape index (κ3) is 5.73. The standard InChI is InChI=1S/C27H29NO6/c1-30-22-8-4-18(5-9-22)12-21(13-19-7-11-24-26(15-19)34-17-33-24)28-27(29)16-20-6-10-23(31-2)25(14-20)32-3/h4-11,14-15,21H,12-13,16-17H2,1-3H3,(H,28,29)/t21-/m0/s1. The van der Waals surface area contributed by atoms with E-state index in [9.17, 15) is 4.79 Å². The highest BCUT2D eigenvalue weighted by atomic mass is 16.7. The Balaban J connectivity index is 1.48. The molecule has 1 amide bonds. The third-order valence-electron chi connectivity index (χ3n) is 5.74. The number of carbonyl (C=O) groups is 1. The van der Waals surface area contributed by atoms with Gasteiger partial charge in [0.05, 0.1) is 27.8 Å². The first-order valence-electron chi connectivity index (χ1n) is 11.1. The highest BCUT2D eigenvalue weighted by Crippen LogP contribution is 2.33. The molecule has 3 aromatic rings. The molecule has 0 aliphatic carbocycles. The van der Waals surface area contributed by atoms with E-state index in [-0.39, 0.29) is 25.2 Å². The summed E-state index contributed by atoms with van der Waals surface area (Å²) in [5.74, 6) is 3.44. The average Bonchev–Trinajstić information content (AvgIpc) is 3.32. The predicted molar refractivity (Wildman–Crippen MR) is 128 cm³/mol. The van der Waals surface area contributed by atoms with Crippen LogP contribution in [-0.2, 0) is 24.1 Å². The number of nitrogens with one attached hydrogen (secondary N) is 1. The summed E-state index contributed by atoms with van der Waals surface area (Å²) in [5, 5.41) is 3.21. The molecule has 0 unspecified atom stereocenters. The largest absolute Gasteiger partial charge is 0.497 e. The van der Waals surface area contributed by atoms with Crippen molar-refractivity contribution in [1.29, 1.82) is 0 Å². The van der Waals surface area contributed by atoms with E-state index in [1.807, 2.05) is 60.7 Å². The van der Waals surface area contributed by atoms with Crippen molar-refractivity contribution in [3.8, 4) is 28.7 Å². The molecule has 7 nitrogen and oxygen atoms in total. The topological polar surface area (TPSA) is 75.2 Å². The zero-order chi connectivity index (χ0) is 23.9. The third-order valence-corrected chi connectivity index (χ3v) is 5.74. The first-order chi connectivity index (χ1) is 16.6. The van der Waals surface area contributed by atoms with Gasteiger partial charge in [-0.25, -0.2) is 0 Å². The number of rotatable bonds is 10. The zero-order valence-corrected chi connectivity index (χ0v) is 19.6. The molecular formula is C27H29NO6. The van der Waals surface area contributed by atoms with E-state index in [1.165, 1.54) is 0 Å². The van der Waals surface area contributed by atoms with E-state index in [1.54, 1.807) is 21.3 Å². The summed E-state index contributed by atoms with van der Waals surface area (Å²) in [6, 6.07) is 19.2. The van der Waals surface area contributed by atoms with Crippen molar-refractivity contribution in [1.82, 2.24) is 5.32 Å². The Morgan fingerprint density at radius 2 is 1.47 bits per heavy atom. The van der Waals surface area contributed by atoms with Crippen molar-refractivity contribution in [2.24, 2.45) is 0 Å². The molecule has 1 heterocycles. The molecule has 0 aromatic heterocycles. The molecule has 0 saturated heterocycles. The molecule has 4 rings (SSSR count). The van der Waals surface area contributed by atoms with Crippen LogP contribution in [-0.4, -0.2) is 40.1 Å². The van der Waals surface area contributed by atoms with E-state index in [0.29, 0.717) is 24.3 Å². The zero-order valence-electron chi connectivity index (χ0n) is 19.6. The summed E-state index contributed by atoms with van der Waals surface area (Å²) < 4.78 is 26.9. The summed E-state index contributed by atoms with van der Waals surface area (Å²) in [7, 11) is 4.81. The molecule has 0 radical (unpaired) electrons. The number of amides is 1. The molecule has 0 saturated carbocycles. The van der Waals surface area contributed by atoms with Gasteiger partial charge in [-0.15, -0.1) is 0 Å². The monoisotopic (exact) mass is 463 g/mol. The maximum Gasteiger partial charge on any atom is 0.231 e. The van der Waals surface area contributed by atoms with Crippen molar-refractivity contribution in [3.05, 3.63) is 77.4 Å². The van der Waals surface area contributed by atoms with Crippen LogP contribution in [0.15, 0.2) is 60.7 Å². The number of carbonyl (C=O) groups excluding carboxylic acids is 1. The highest BCUT2D eigenvalue weighted by Gasteiger charge is 2.18. The van der Waals surface area contributed by atoms with Crippen molar-refractivity contribution in [2.75, 3.05) is 28.1 Å². The van der Waals surface area contributed by atoms with Crippen LogP contribution in [0.3, 0.4) is 0 Å². The first kappa shape index (κ1) is 23.3. The van der Waals surface area contributed by atoms with Crippen molar-refractivity contribution in [2.45, 2.75) is 25.3 Å². The lowest BCUT2D eigenvalue weighted by Crippen LogP contribution is -2.39. The maximum absolute atomic E-state index is 13.0. The Morgan fingerprint density at radius 3 is 2.21 bits per heavy atom. The molecule has 1 N–H and O–H groups in total. The quantitative estimate of drug-likeness (QED) is 0.491. The van der Waals surface area contributed by atoms with E-state index in [2.05, 4.69) is 5.32 Å². The number of benzene rings is 3.